The van der Waals surface area contributed by atoms with Crippen LogP contribution in [0.2, 0.25) is 0 Å². The normalized spacial score (nSPS) is 27.7. The first-order valence-electron chi connectivity index (χ1n) is 10.9. The van der Waals surface area contributed by atoms with Crippen LogP contribution in [0.4, 0.5) is 0 Å². The van der Waals surface area contributed by atoms with Crippen molar-refractivity contribution in [1.29, 1.82) is 0 Å². The lowest BCUT2D eigenvalue weighted by Crippen LogP contribution is -2.57. The molecule has 0 unspecified atom stereocenters. The highest BCUT2D eigenvalue weighted by Crippen LogP contribution is 2.49. The van der Waals surface area contributed by atoms with Crippen LogP contribution in [0.3, 0.4) is 0 Å². The Kier molecular flexibility index (Phi) is 5.92. The van der Waals surface area contributed by atoms with Gasteiger partial charge in [-0.3, -0.25) is 19.2 Å². The van der Waals surface area contributed by atoms with Crippen LogP contribution in [0.25, 0.3) is 0 Å². The Balaban J connectivity index is 1.42. The summed E-state index contributed by atoms with van der Waals surface area (Å²) in [6.45, 7) is 6.28. The molecule has 160 valence electrons. The maximum absolute atomic E-state index is 13.4. The number of amides is 1. The second-order valence-electron chi connectivity index (χ2n) is 9.12. The fourth-order valence-corrected chi connectivity index (χ4v) is 5.06. The summed E-state index contributed by atoms with van der Waals surface area (Å²) in [6, 6.07) is 2.28. The number of carboxylic acids is 1. The third-order valence-corrected chi connectivity index (χ3v) is 7.05. The Labute approximate surface area is 172 Å². The van der Waals surface area contributed by atoms with Crippen LogP contribution < -0.4 is 0 Å². The maximum Gasteiger partial charge on any atom is 0.303 e. The molecule has 3 aliphatic rings. The average Bonchev–Trinajstić information content (AvgIpc) is 3.31. The first-order chi connectivity index (χ1) is 14.0. The van der Waals surface area contributed by atoms with E-state index in [1.807, 2.05) is 21.8 Å². The molecule has 1 amide bonds. The lowest BCUT2D eigenvalue weighted by Gasteiger charge is -2.47. The number of hydrogen-bond acceptors (Lipinski definition) is 5. The number of rotatable bonds is 7. The highest BCUT2D eigenvalue weighted by atomic mass is 16.4. The van der Waals surface area contributed by atoms with Crippen molar-refractivity contribution < 1.29 is 14.7 Å². The number of carboxylic acid groups (broad SMARTS) is 1. The van der Waals surface area contributed by atoms with Crippen molar-refractivity contribution in [3.63, 3.8) is 0 Å². The SMILES string of the molecule is CN1CCN([C@@H]2CCN(C(=O)C3(Cn4cccn4)CC3)C[C@@H]2CCC(=O)O)CC1. The van der Waals surface area contributed by atoms with Gasteiger partial charge in [0.2, 0.25) is 5.91 Å². The number of piperidine rings is 1. The zero-order chi connectivity index (χ0) is 20.4. The first-order valence-corrected chi connectivity index (χ1v) is 10.9. The van der Waals surface area contributed by atoms with Crippen molar-refractivity contribution in [2.75, 3.05) is 46.3 Å². The number of piperazine rings is 1. The predicted molar refractivity (Wildman–Crippen MR) is 108 cm³/mol. The van der Waals surface area contributed by atoms with Crippen molar-refractivity contribution in [2.45, 2.75) is 44.7 Å². The zero-order valence-corrected chi connectivity index (χ0v) is 17.4. The van der Waals surface area contributed by atoms with Crippen LogP contribution in [-0.2, 0) is 16.1 Å². The molecule has 29 heavy (non-hydrogen) atoms. The van der Waals surface area contributed by atoms with E-state index in [0.29, 0.717) is 25.6 Å². The fourth-order valence-electron chi connectivity index (χ4n) is 5.06. The van der Waals surface area contributed by atoms with Crippen LogP contribution in [0, 0.1) is 11.3 Å². The van der Waals surface area contributed by atoms with Gasteiger partial charge >= 0.3 is 5.97 Å². The molecule has 2 atom stereocenters. The number of carbonyl (C=O) groups excluding carboxylic acids is 1. The summed E-state index contributed by atoms with van der Waals surface area (Å²) in [5.41, 5.74) is -0.302. The Morgan fingerprint density at radius 1 is 1.17 bits per heavy atom. The molecule has 2 saturated heterocycles. The maximum atomic E-state index is 13.4. The summed E-state index contributed by atoms with van der Waals surface area (Å²) in [6.07, 6.45) is 7.27. The van der Waals surface area contributed by atoms with Crippen LogP contribution in [0.15, 0.2) is 18.5 Å². The predicted octanol–water partition coefficient (Wildman–Crippen LogP) is 0.993. The molecular formula is C21H33N5O3. The van der Waals surface area contributed by atoms with Crippen molar-refractivity contribution in [3.8, 4) is 0 Å². The quantitative estimate of drug-likeness (QED) is 0.731. The average molecular weight is 404 g/mol. The topological polar surface area (TPSA) is 81.9 Å². The summed E-state index contributed by atoms with van der Waals surface area (Å²) >= 11 is 0. The molecule has 0 radical (unpaired) electrons. The van der Waals surface area contributed by atoms with Crippen LogP contribution in [-0.4, -0.2) is 93.8 Å². The number of aromatic nitrogens is 2. The van der Waals surface area contributed by atoms with Gasteiger partial charge in [0.1, 0.15) is 0 Å². The second kappa shape index (κ2) is 8.44. The lowest BCUT2D eigenvalue weighted by atomic mass is 9.85. The van der Waals surface area contributed by atoms with E-state index < -0.39 is 5.97 Å². The minimum atomic E-state index is -0.747. The molecule has 1 N–H and O–H groups in total. The van der Waals surface area contributed by atoms with E-state index in [9.17, 15) is 14.7 Å². The highest BCUT2D eigenvalue weighted by molar-refractivity contribution is 5.85. The Bertz CT molecular complexity index is 710. The van der Waals surface area contributed by atoms with Gasteiger partial charge in [-0.05, 0) is 44.7 Å². The van der Waals surface area contributed by atoms with Crippen molar-refractivity contribution >= 4 is 11.9 Å². The van der Waals surface area contributed by atoms with Gasteiger partial charge in [0, 0.05) is 64.1 Å². The highest BCUT2D eigenvalue weighted by Gasteiger charge is 2.53. The number of hydrogen-bond donors (Lipinski definition) is 1. The van der Waals surface area contributed by atoms with Crippen LogP contribution in [0.5, 0.6) is 0 Å². The molecule has 1 aromatic rings. The van der Waals surface area contributed by atoms with Crippen LogP contribution >= 0.6 is 0 Å². The summed E-state index contributed by atoms with van der Waals surface area (Å²) < 4.78 is 1.86. The third kappa shape index (κ3) is 4.64. The standard InChI is InChI=1S/C21H33N5O3/c1-23-11-13-24(14-12-23)18-5-10-25(15-17(18)3-4-19(27)28)20(29)21(6-7-21)16-26-9-2-8-22-26/h2,8-9,17-18H,3-7,10-16H2,1H3,(H,27,28)/t17-,18+/m0/s1. The molecule has 1 aromatic heterocycles. The molecule has 8 nitrogen and oxygen atoms in total. The molecule has 3 fully saturated rings. The molecule has 2 aliphatic heterocycles. The van der Waals surface area contributed by atoms with E-state index in [1.165, 1.54) is 0 Å². The minimum absolute atomic E-state index is 0.176. The number of likely N-dealkylation sites (tertiary alicyclic amines) is 1. The Morgan fingerprint density at radius 2 is 1.93 bits per heavy atom. The van der Waals surface area contributed by atoms with Gasteiger partial charge in [-0.25, -0.2) is 0 Å². The first kappa shape index (κ1) is 20.3. The lowest BCUT2D eigenvalue weighted by molar-refractivity contribution is -0.141. The van der Waals surface area contributed by atoms with Gasteiger partial charge in [-0.1, -0.05) is 0 Å². The van der Waals surface area contributed by atoms with Gasteiger partial charge in [0.15, 0.2) is 0 Å². The second-order valence-corrected chi connectivity index (χ2v) is 9.12. The third-order valence-electron chi connectivity index (χ3n) is 7.05. The number of aliphatic carboxylic acids is 1. The van der Waals surface area contributed by atoms with E-state index in [0.717, 1.165) is 52.0 Å². The molecule has 1 saturated carbocycles. The zero-order valence-electron chi connectivity index (χ0n) is 17.4. The van der Waals surface area contributed by atoms with E-state index in [4.69, 9.17) is 0 Å². The van der Waals surface area contributed by atoms with Gasteiger partial charge < -0.3 is 14.9 Å². The molecule has 4 rings (SSSR count). The fraction of sp³-hybridized carbons (Fsp3) is 0.762. The van der Waals surface area contributed by atoms with Gasteiger partial charge in [0.25, 0.3) is 0 Å². The number of likely N-dealkylation sites (N-methyl/N-ethyl adjacent to an activating group) is 1. The summed E-state index contributed by atoms with van der Waals surface area (Å²) in [7, 11) is 2.15. The summed E-state index contributed by atoms with van der Waals surface area (Å²) in [5, 5.41) is 13.5. The van der Waals surface area contributed by atoms with Crippen molar-refractivity contribution in [1.82, 2.24) is 24.5 Å². The number of carbonyl (C=O) groups is 2. The molecule has 1 aliphatic carbocycles. The van der Waals surface area contributed by atoms with Gasteiger partial charge in [0.05, 0.1) is 12.0 Å². The number of nitrogens with zero attached hydrogens (tertiary/aromatic N) is 5. The monoisotopic (exact) mass is 403 g/mol. The molecule has 0 bridgehead atoms. The van der Waals surface area contributed by atoms with E-state index >= 15 is 0 Å². The molecular weight excluding hydrogens is 370 g/mol. The van der Waals surface area contributed by atoms with E-state index in [1.54, 1.807) is 6.20 Å². The summed E-state index contributed by atoms with van der Waals surface area (Å²) in [5.74, 6) is -0.277. The van der Waals surface area contributed by atoms with Crippen molar-refractivity contribution in [2.24, 2.45) is 11.3 Å². The molecule has 0 aromatic carbocycles. The van der Waals surface area contributed by atoms with E-state index in [2.05, 4.69) is 21.9 Å². The summed E-state index contributed by atoms with van der Waals surface area (Å²) in [4.78, 5) is 31.5. The van der Waals surface area contributed by atoms with Crippen molar-refractivity contribution in [3.05, 3.63) is 18.5 Å². The molecule has 0 spiro atoms. The van der Waals surface area contributed by atoms with E-state index in [-0.39, 0.29) is 23.7 Å². The Morgan fingerprint density at radius 3 is 2.55 bits per heavy atom. The van der Waals surface area contributed by atoms with Crippen LogP contribution in [0.1, 0.15) is 32.1 Å². The molecule has 8 heteroatoms. The minimum Gasteiger partial charge on any atom is -0.481 e. The Hall–Kier alpha value is -1.93. The molecule has 3 heterocycles. The van der Waals surface area contributed by atoms with Gasteiger partial charge in [-0.2, -0.15) is 5.10 Å². The largest absolute Gasteiger partial charge is 0.481 e. The van der Waals surface area contributed by atoms with Gasteiger partial charge in [-0.15, -0.1) is 0 Å². The smallest absolute Gasteiger partial charge is 0.303 e.